The molecule has 0 N–H and O–H groups in total. The summed E-state index contributed by atoms with van der Waals surface area (Å²) in [5, 5.41) is 0.886. The third-order valence-electron chi connectivity index (χ3n) is 0.458. The Bertz CT molecular complexity index is 72.2. The molecule has 0 rings (SSSR count). The fourth-order valence-corrected chi connectivity index (χ4v) is 0.396. The fourth-order valence-electron chi connectivity index (χ4n) is 0.209. The lowest BCUT2D eigenvalue weighted by molar-refractivity contribution is 1.67. The van der Waals surface area contributed by atoms with Crippen molar-refractivity contribution in [2.45, 2.75) is 6.92 Å². The number of rotatable bonds is 2. The largest absolute Gasteiger partial charge is 0.0883 e. The molecule has 0 aromatic rings. The Morgan fingerprint density at radius 3 is 2.86 bits per heavy atom. The van der Waals surface area contributed by atoms with Gasteiger partial charge in [0.25, 0.3) is 0 Å². The van der Waals surface area contributed by atoms with Crippen LogP contribution in [-0.2, 0) is 0 Å². The summed E-state index contributed by atoms with van der Waals surface area (Å²) in [6, 6.07) is 0. The minimum atomic E-state index is 0.886. The molecule has 0 aromatic carbocycles. The molecule has 7 heavy (non-hydrogen) atoms. The first-order chi connectivity index (χ1) is 3.41. The number of alkyl halides is 1. The predicted molar refractivity (Wildman–Crippen MR) is 36.4 cm³/mol. The van der Waals surface area contributed by atoms with Crippen LogP contribution >= 0.6 is 15.9 Å². The van der Waals surface area contributed by atoms with E-state index in [9.17, 15) is 0 Å². The second-order valence-electron chi connectivity index (χ2n) is 1.03. The summed E-state index contributed by atoms with van der Waals surface area (Å²) in [5.74, 6) is 0. The zero-order valence-electron chi connectivity index (χ0n) is 4.32. The maximum absolute atomic E-state index is 3.23. The van der Waals surface area contributed by atoms with Gasteiger partial charge >= 0.3 is 0 Å². The molecule has 0 aliphatic rings. The van der Waals surface area contributed by atoms with Gasteiger partial charge in [0.2, 0.25) is 0 Å². The average molecular weight is 160 g/mol. The van der Waals surface area contributed by atoms with Crippen LogP contribution in [0.4, 0.5) is 0 Å². The molecule has 0 aliphatic heterocycles. The van der Waals surface area contributed by atoms with Gasteiger partial charge in [0.05, 0.1) is 0 Å². The predicted octanol–water partition coefficient (Wildman–Crippen LogP) is 2.32. The SMILES string of the molecule is CC=C/[C]=C/CBr. The van der Waals surface area contributed by atoms with Crippen LogP contribution in [0.1, 0.15) is 6.92 Å². The minimum Gasteiger partial charge on any atom is -0.0883 e. The van der Waals surface area contributed by atoms with Gasteiger partial charge in [0.1, 0.15) is 0 Å². The van der Waals surface area contributed by atoms with Gasteiger partial charge < -0.3 is 0 Å². The Morgan fingerprint density at radius 1 is 1.71 bits per heavy atom. The van der Waals surface area contributed by atoms with Gasteiger partial charge in [0.15, 0.2) is 0 Å². The monoisotopic (exact) mass is 159 g/mol. The summed E-state index contributed by atoms with van der Waals surface area (Å²) in [7, 11) is 0. The molecule has 0 atom stereocenters. The van der Waals surface area contributed by atoms with Crippen LogP contribution < -0.4 is 0 Å². The zero-order chi connectivity index (χ0) is 5.54. The van der Waals surface area contributed by atoms with Crippen molar-refractivity contribution in [3.8, 4) is 0 Å². The second-order valence-corrected chi connectivity index (χ2v) is 1.67. The first-order valence-corrected chi connectivity index (χ1v) is 3.29. The summed E-state index contributed by atoms with van der Waals surface area (Å²) in [4.78, 5) is 0. The van der Waals surface area contributed by atoms with E-state index in [-0.39, 0.29) is 0 Å². The molecule has 1 radical (unpaired) electrons. The number of halogens is 1. The van der Waals surface area contributed by atoms with Gasteiger partial charge in [-0.25, -0.2) is 0 Å². The lowest BCUT2D eigenvalue weighted by Gasteiger charge is -1.67. The average Bonchev–Trinajstić information content (AvgIpc) is 1.69. The van der Waals surface area contributed by atoms with Crippen molar-refractivity contribution in [3.63, 3.8) is 0 Å². The van der Waals surface area contributed by atoms with Gasteiger partial charge in [-0.2, -0.15) is 0 Å². The van der Waals surface area contributed by atoms with Crippen molar-refractivity contribution in [2.24, 2.45) is 0 Å². The van der Waals surface area contributed by atoms with Gasteiger partial charge in [-0.1, -0.05) is 34.2 Å². The van der Waals surface area contributed by atoms with Crippen LogP contribution in [0.25, 0.3) is 0 Å². The van der Waals surface area contributed by atoms with Gasteiger partial charge in [-0.15, -0.1) is 0 Å². The summed E-state index contributed by atoms with van der Waals surface area (Å²) in [6.07, 6.45) is 8.67. The first kappa shape index (κ1) is 6.96. The van der Waals surface area contributed by atoms with Crippen molar-refractivity contribution in [2.75, 3.05) is 5.33 Å². The highest BCUT2D eigenvalue weighted by Crippen LogP contribution is 1.80. The van der Waals surface area contributed by atoms with Crippen molar-refractivity contribution in [1.82, 2.24) is 0 Å². The quantitative estimate of drug-likeness (QED) is 0.429. The molecule has 0 aliphatic carbocycles. The van der Waals surface area contributed by atoms with Crippen LogP contribution in [0.5, 0.6) is 0 Å². The lowest BCUT2D eigenvalue weighted by Crippen LogP contribution is -1.54. The second kappa shape index (κ2) is 5.96. The van der Waals surface area contributed by atoms with E-state index in [0.717, 1.165) is 5.33 Å². The van der Waals surface area contributed by atoms with Crippen LogP contribution in [-0.4, -0.2) is 5.33 Å². The Morgan fingerprint density at radius 2 is 2.43 bits per heavy atom. The molecule has 0 saturated carbocycles. The molecule has 0 bridgehead atoms. The standard InChI is InChI=1S/C6H8Br/c1-2-3-4-5-6-7/h2-3,5H,6H2,1H3. The van der Waals surface area contributed by atoms with Gasteiger partial charge in [0, 0.05) is 5.33 Å². The highest BCUT2D eigenvalue weighted by Gasteiger charge is 1.60. The van der Waals surface area contributed by atoms with E-state index in [1.165, 1.54) is 0 Å². The van der Waals surface area contributed by atoms with Crippen molar-refractivity contribution < 1.29 is 0 Å². The molecule has 0 heterocycles. The Hall–Kier alpha value is -0.0400. The van der Waals surface area contributed by atoms with E-state index in [2.05, 4.69) is 22.0 Å². The highest BCUT2D eigenvalue weighted by molar-refractivity contribution is 9.09. The Labute approximate surface area is 53.1 Å². The van der Waals surface area contributed by atoms with Crippen molar-refractivity contribution in [3.05, 3.63) is 24.3 Å². The van der Waals surface area contributed by atoms with E-state index in [1.807, 2.05) is 25.2 Å². The molecule has 0 nitrogen and oxygen atoms in total. The Kier molecular flexibility index (Phi) is 5.93. The summed E-state index contributed by atoms with van der Waals surface area (Å²) in [5.41, 5.74) is 0. The third kappa shape index (κ3) is 5.96. The van der Waals surface area contributed by atoms with Crippen LogP contribution in [0.15, 0.2) is 18.2 Å². The molecule has 0 fully saturated rings. The molecule has 0 unspecified atom stereocenters. The molecule has 39 valence electrons. The maximum Gasteiger partial charge on any atom is 0.0221 e. The highest BCUT2D eigenvalue weighted by atomic mass is 79.9. The van der Waals surface area contributed by atoms with Gasteiger partial charge in [-0.05, 0) is 13.0 Å². The number of hydrogen-bond donors (Lipinski definition) is 0. The first-order valence-electron chi connectivity index (χ1n) is 2.16. The topological polar surface area (TPSA) is 0 Å². The van der Waals surface area contributed by atoms with E-state index in [0.29, 0.717) is 0 Å². The number of hydrogen-bond acceptors (Lipinski definition) is 0. The lowest BCUT2D eigenvalue weighted by atomic mass is 10.5. The molecule has 0 saturated heterocycles. The minimum absolute atomic E-state index is 0.886. The van der Waals surface area contributed by atoms with Crippen LogP contribution in [0, 0.1) is 6.08 Å². The van der Waals surface area contributed by atoms with Crippen molar-refractivity contribution >= 4 is 15.9 Å². The molecular formula is C6H8Br. The third-order valence-corrected chi connectivity index (χ3v) is 0.782. The van der Waals surface area contributed by atoms with Gasteiger partial charge in [-0.3, -0.25) is 0 Å². The van der Waals surface area contributed by atoms with Crippen molar-refractivity contribution in [1.29, 1.82) is 0 Å². The molecule has 0 spiro atoms. The summed E-state index contributed by atoms with van der Waals surface area (Å²) < 4.78 is 0. The molecule has 1 heteroatoms. The number of allylic oxidation sites excluding steroid dienone is 4. The van der Waals surface area contributed by atoms with E-state index >= 15 is 0 Å². The Balaban J connectivity index is 3.09. The summed E-state index contributed by atoms with van der Waals surface area (Å²) in [6.45, 7) is 1.97. The molecular weight excluding hydrogens is 152 g/mol. The molecule has 0 amide bonds. The van der Waals surface area contributed by atoms with E-state index in [1.54, 1.807) is 0 Å². The van der Waals surface area contributed by atoms with Crippen LogP contribution in [0.3, 0.4) is 0 Å². The van der Waals surface area contributed by atoms with Crippen LogP contribution in [0.2, 0.25) is 0 Å². The maximum atomic E-state index is 3.23. The smallest absolute Gasteiger partial charge is 0.0221 e. The normalized spacial score (nSPS) is 11.7. The molecule has 0 aromatic heterocycles. The van der Waals surface area contributed by atoms with E-state index in [4.69, 9.17) is 0 Å². The zero-order valence-corrected chi connectivity index (χ0v) is 5.90. The van der Waals surface area contributed by atoms with E-state index < -0.39 is 0 Å². The fraction of sp³-hybridized carbons (Fsp3) is 0.333. The summed E-state index contributed by atoms with van der Waals surface area (Å²) >= 11 is 3.23.